The van der Waals surface area contributed by atoms with Gasteiger partial charge in [-0.3, -0.25) is 0 Å². The smallest absolute Gasteiger partial charge is 0.672 e. The second kappa shape index (κ2) is 63.4. The summed E-state index contributed by atoms with van der Waals surface area (Å²) < 4.78 is 59.6. The molecule has 0 aromatic heterocycles. The molecule has 0 atom stereocenters. The molecule has 0 bridgehead atoms. The molecule has 32 heteroatoms. The van der Waals surface area contributed by atoms with E-state index < -0.39 is 64.2 Å². The van der Waals surface area contributed by atoms with Crippen LogP contribution in [-0.2, 0) is 76.0 Å². The van der Waals surface area contributed by atoms with E-state index in [-0.39, 0.29) is 99.4 Å². The van der Waals surface area contributed by atoms with E-state index in [0.29, 0.717) is 0 Å². The average Bonchev–Trinajstić information content (AvgIpc) is 2.20. The van der Waals surface area contributed by atoms with E-state index in [0.717, 1.165) is 0 Å². The SMILES string of the molecule is O=[Si]([O-])[O-].O=[Si]([O-])[O-].O=[Si]([O-])[O-].O=[Si]([O-])[O-].O=[Si]([O-])[O-].O=[Si]([O-])[O-].O=[Si]([O-])[O-].[Nb+5].[Nb+5].[Pb+2].[Pb+2]. The molecule has 0 spiro atoms. The fourth-order valence-corrected chi connectivity index (χ4v) is 0. The van der Waals surface area contributed by atoms with Gasteiger partial charge in [0, 0.05) is 64.2 Å². The molecule has 0 amide bonds. The third-order valence-electron chi connectivity index (χ3n) is 0. The first-order valence-corrected chi connectivity index (χ1v) is 12.9. The van der Waals surface area contributed by atoms with Crippen LogP contribution in [0.4, 0.5) is 0 Å². The molecule has 0 aromatic carbocycles. The van der Waals surface area contributed by atoms with Crippen molar-refractivity contribution in [3.8, 4) is 0 Å². The molecule has 0 fully saturated rings. The molecule has 172 valence electrons. The molecule has 0 aliphatic rings. The van der Waals surface area contributed by atoms with Crippen LogP contribution in [0.2, 0.25) is 0 Å². The van der Waals surface area contributed by atoms with E-state index in [1.54, 1.807) is 0 Å². The Kier molecular flexibility index (Phi) is 138. The number of rotatable bonds is 0. The van der Waals surface area contributed by atoms with Crippen LogP contribution in [0.15, 0.2) is 0 Å². The first-order valence-electron chi connectivity index (χ1n) is 4.29. The van der Waals surface area contributed by atoms with Crippen molar-refractivity contribution < 1.29 is 143 Å². The average molecular weight is 1130 g/mol. The molecule has 0 aliphatic carbocycles. The van der Waals surface area contributed by atoms with Crippen LogP contribution in [0.3, 0.4) is 0 Å². The van der Waals surface area contributed by atoms with E-state index in [1.807, 2.05) is 0 Å². The van der Waals surface area contributed by atoms with Crippen LogP contribution in [0.1, 0.15) is 0 Å². The molecule has 0 aliphatic heterocycles. The zero-order valence-electron chi connectivity index (χ0n) is 14.0. The fourth-order valence-electron chi connectivity index (χ4n) is 0. The van der Waals surface area contributed by atoms with Gasteiger partial charge in [0.05, 0.1) is 0 Å². The zero-order chi connectivity index (χ0) is 25.0. The van der Waals surface area contributed by atoms with Gasteiger partial charge < -0.3 is 98.4 Å². The molecule has 0 saturated carbocycles. The van der Waals surface area contributed by atoms with E-state index >= 15 is 0 Å². The molecule has 4 radical (unpaired) electrons. The third-order valence-corrected chi connectivity index (χ3v) is 0. The standard InChI is InChI=1S/2Nb.7O3Si.2Pb/c;;7*1-4(2)3;;/q2*+5;7*-2;2*+2. The molecule has 0 rings (SSSR count). The summed E-state index contributed by atoms with van der Waals surface area (Å²) in [7, 11) is -25.4. The number of hydrogen-bond donors (Lipinski definition) is 0. The molecule has 0 aromatic rings. The Bertz CT molecular complexity index is 323. The maximum absolute atomic E-state index is 8.52. The zero-order valence-corrected chi connectivity index (χ0v) is 33.1. The second-order valence-electron chi connectivity index (χ2n) is 1.75. The van der Waals surface area contributed by atoms with Crippen molar-refractivity contribution in [1.82, 2.24) is 0 Å². The summed E-state index contributed by atoms with van der Waals surface area (Å²) in [6.45, 7) is 0. The Morgan fingerprint density at radius 3 is 0.250 bits per heavy atom. The third kappa shape index (κ3) is 65200. The van der Waals surface area contributed by atoms with Crippen molar-refractivity contribution in [2.75, 3.05) is 0 Å². The van der Waals surface area contributed by atoms with Gasteiger partial charge in [-0.2, -0.15) is 0 Å². The monoisotopic (exact) mass is 1130 g/mol. The maximum atomic E-state index is 8.52. The summed E-state index contributed by atoms with van der Waals surface area (Å²) in [5.41, 5.74) is 0. The Balaban J connectivity index is -0.0000000175. The Morgan fingerprint density at radius 1 is 0.250 bits per heavy atom. The molecule has 32 heavy (non-hydrogen) atoms. The molecule has 21 nitrogen and oxygen atoms in total. The minimum atomic E-state index is -3.63. The minimum absolute atomic E-state index is 0. The first kappa shape index (κ1) is 69.8. The molecule has 0 N–H and O–H groups in total. The van der Waals surface area contributed by atoms with Gasteiger partial charge >= 0.3 is 99.4 Å². The van der Waals surface area contributed by atoms with Crippen molar-refractivity contribution in [2.45, 2.75) is 0 Å². The van der Waals surface area contributed by atoms with Gasteiger partial charge in [0.1, 0.15) is 0 Å². The first-order chi connectivity index (χ1) is 12.1. The van der Waals surface area contributed by atoms with Gasteiger partial charge in [0.25, 0.3) is 0 Å². The quantitative estimate of drug-likeness (QED) is 0.203. The van der Waals surface area contributed by atoms with E-state index in [1.165, 1.54) is 0 Å². The maximum Gasteiger partial charge on any atom is 5.00 e. The van der Waals surface area contributed by atoms with Crippen LogP contribution in [-0.4, -0.2) is 119 Å². The van der Waals surface area contributed by atoms with Gasteiger partial charge in [-0.15, -0.1) is 0 Å². The summed E-state index contributed by atoms with van der Waals surface area (Å²) in [6.07, 6.45) is 0. The van der Waals surface area contributed by atoms with Crippen molar-refractivity contribution in [2.24, 2.45) is 0 Å². The van der Waals surface area contributed by atoms with Gasteiger partial charge in [-0.1, -0.05) is 0 Å². The predicted molar refractivity (Wildman–Crippen MR) is 56.6 cm³/mol. The summed E-state index contributed by atoms with van der Waals surface area (Å²) in [6, 6.07) is 0. The van der Waals surface area contributed by atoms with E-state index in [2.05, 4.69) is 0 Å². The summed E-state index contributed by atoms with van der Waals surface area (Å²) >= 11 is 0. The van der Waals surface area contributed by atoms with E-state index in [9.17, 15) is 0 Å². The van der Waals surface area contributed by atoms with Crippen LogP contribution in [0, 0.1) is 0 Å². The predicted octanol–water partition coefficient (Wildman–Crippen LogP) is -20.9. The van der Waals surface area contributed by atoms with Crippen LogP contribution in [0.25, 0.3) is 0 Å². The minimum Gasteiger partial charge on any atom is -0.672 e. The summed E-state index contributed by atoms with van der Waals surface area (Å²) in [5.74, 6) is 0. The summed E-state index contributed by atoms with van der Waals surface area (Å²) in [4.78, 5) is 119. The molecule has 0 unspecified atom stereocenters. The van der Waals surface area contributed by atoms with Crippen molar-refractivity contribution in [3.63, 3.8) is 0 Å². The molecular weight excluding hydrogens is 1130 g/mol. The van der Waals surface area contributed by atoms with E-state index in [4.69, 9.17) is 98.4 Å². The van der Waals surface area contributed by atoms with Gasteiger partial charge in [-0.25, -0.2) is 0 Å². The largest absolute Gasteiger partial charge is 5.00 e. The van der Waals surface area contributed by atoms with Gasteiger partial charge in [-0.05, 0) is 0 Å². The Hall–Kier alpha value is 0.643. The normalized spacial score (nSPS) is 5.25. The Morgan fingerprint density at radius 2 is 0.250 bits per heavy atom. The molecule has 0 heterocycles. The second-order valence-corrected chi connectivity index (χ2v) is 5.25. The van der Waals surface area contributed by atoms with Crippen LogP contribution >= 0.6 is 0 Å². The van der Waals surface area contributed by atoms with Gasteiger partial charge in [0.15, 0.2) is 0 Å². The fraction of sp³-hybridized carbons (Fsp3) is 0. The van der Waals surface area contributed by atoms with Gasteiger partial charge in [0.2, 0.25) is 0 Å². The van der Waals surface area contributed by atoms with Crippen molar-refractivity contribution in [3.05, 3.63) is 0 Å². The topological polar surface area (TPSA) is 442 Å². The van der Waals surface area contributed by atoms with Crippen molar-refractivity contribution in [1.29, 1.82) is 0 Å². The Labute approximate surface area is 259 Å². The van der Waals surface area contributed by atoms with Crippen LogP contribution in [0.5, 0.6) is 0 Å². The van der Waals surface area contributed by atoms with Crippen molar-refractivity contribution >= 4 is 119 Å². The summed E-state index contributed by atoms with van der Waals surface area (Å²) in [5, 5.41) is 0. The molecular formula is Nb2O21Pb2Si7. The number of hydrogen-bond acceptors (Lipinski definition) is 21. The molecule has 0 saturated heterocycles. The van der Waals surface area contributed by atoms with Crippen LogP contribution < -0.4 is 67.1 Å².